The van der Waals surface area contributed by atoms with Gasteiger partial charge in [-0.3, -0.25) is 4.79 Å². The molecule has 1 fully saturated rings. The van der Waals surface area contributed by atoms with E-state index in [2.05, 4.69) is 41.8 Å². The molecule has 2 aromatic carbocycles. The predicted octanol–water partition coefficient (Wildman–Crippen LogP) is 6.06. The van der Waals surface area contributed by atoms with Gasteiger partial charge in [-0.15, -0.1) is 0 Å². The third-order valence-electron chi connectivity index (χ3n) is 6.03. The summed E-state index contributed by atoms with van der Waals surface area (Å²) in [5.74, 6) is 0.773. The number of hydrogen-bond acceptors (Lipinski definition) is 3. The van der Waals surface area contributed by atoms with Crippen LogP contribution in [0.25, 0.3) is 22.2 Å². The maximum atomic E-state index is 13.5. The zero-order valence-electron chi connectivity index (χ0n) is 16.8. The van der Waals surface area contributed by atoms with Crippen molar-refractivity contribution in [2.24, 2.45) is 5.92 Å². The molecule has 4 aromatic rings. The molecule has 0 aliphatic carbocycles. The normalized spacial score (nSPS) is 14.9. The van der Waals surface area contributed by atoms with Gasteiger partial charge in [0, 0.05) is 29.4 Å². The van der Waals surface area contributed by atoms with Crippen molar-refractivity contribution in [3.05, 3.63) is 88.6 Å². The summed E-state index contributed by atoms with van der Waals surface area (Å²) in [7, 11) is 0. The number of amides is 1. The van der Waals surface area contributed by atoms with Crippen LogP contribution in [-0.4, -0.2) is 28.9 Å². The lowest BCUT2D eigenvalue weighted by Gasteiger charge is -2.32. The van der Waals surface area contributed by atoms with E-state index >= 15 is 0 Å². The van der Waals surface area contributed by atoms with E-state index in [0.717, 1.165) is 60.1 Å². The number of piperidine rings is 1. The summed E-state index contributed by atoms with van der Waals surface area (Å²) in [5.41, 5.74) is 4.98. The lowest BCUT2D eigenvalue weighted by atomic mass is 9.90. The first-order valence-electron chi connectivity index (χ1n) is 10.5. The monoisotopic (exact) mass is 412 g/mol. The number of carbonyl (C=O) groups is 1. The van der Waals surface area contributed by atoms with Gasteiger partial charge in [-0.05, 0) is 54.3 Å². The first-order chi connectivity index (χ1) is 14.8. The third kappa shape index (κ3) is 3.88. The van der Waals surface area contributed by atoms with Crippen molar-refractivity contribution in [2.75, 3.05) is 13.1 Å². The fraction of sp³-hybridized carbons (Fsp3) is 0.231. The highest BCUT2D eigenvalue weighted by Gasteiger charge is 2.25. The first-order valence-corrected chi connectivity index (χ1v) is 11.5. The van der Waals surface area contributed by atoms with Crippen LogP contribution in [0.4, 0.5) is 0 Å². The average molecular weight is 413 g/mol. The average Bonchev–Trinajstić information content (AvgIpc) is 3.34. The molecular formula is C26H24N2OS. The fourth-order valence-electron chi connectivity index (χ4n) is 4.37. The van der Waals surface area contributed by atoms with Crippen LogP contribution in [0.15, 0.2) is 77.5 Å². The summed E-state index contributed by atoms with van der Waals surface area (Å²) in [6, 6.07) is 22.7. The van der Waals surface area contributed by atoms with E-state index in [1.807, 2.05) is 40.6 Å². The number of thiophene rings is 1. The molecule has 1 aliphatic rings. The molecule has 1 aliphatic heterocycles. The Morgan fingerprint density at radius 2 is 1.77 bits per heavy atom. The molecule has 30 heavy (non-hydrogen) atoms. The van der Waals surface area contributed by atoms with E-state index < -0.39 is 0 Å². The molecule has 4 heteroatoms. The van der Waals surface area contributed by atoms with Gasteiger partial charge in [-0.1, -0.05) is 48.5 Å². The summed E-state index contributed by atoms with van der Waals surface area (Å²) in [6.07, 6.45) is 3.21. The molecule has 2 aromatic heterocycles. The lowest BCUT2D eigenvalue weighted by Crippen LogP contribution is -2.39. The number of nitrogens with zero attached hydrogens (tertiary/aromatic N) is 2. The molecule has 1 saturated heterocycles. The molecule has 0 radical (unpaired) electrons. The second-order valence-electron chi connectivity index (χ2n) is 8.01. The molecule has 0 spiro atoms. The Kier molecular flexibility index (Phi) is 5.33. The van der Waals surface area contributed by atoms with Gasteiger partial charge in [-0.25, -0.2) is 4.98 Å². The van der Waals surface area contributed by atoms with Crippen molar-refractivity contribution in [2.45, 2.75) is 19.3 Å². The van der Waals surface area contributed by atoms with E-state index in [4.69, 9.17) is 4.98 Å². The number of para-hydroxylation sites is 1. The van der Waals surface area contributed by atoms with E-state index in [0.29, 0.717) is 5.92 Å². The van der Waals surface area contributed by atoms with Crippen molar-refractivity contribution in [3.63, 3.8) is 0 Å². The van der Waals surface area contributed by atoms with Crippen molar-refractivity contribution in [3.8, 4) is 11.3 Å². The molecule has 5 rings (SSSR count). The van der Waals surface area contributed by atoms with Gasteiger partial charge in [0.05, 0.1) is 16.8 Å². The second kappa shape index (κ2) is 8.41. The molecule has 0 saturated carbocycles. The number of fused-ring (bicyclic) bond motifs is 1. The lowest BCUT2D eigenvalue weighted by molar-refractivity contribution is 0.0692. The Labute approximate surface area is 181 Å². The van der Waals surface area contributed by atoms with Crippen molar-refractivity contribution >= 4 is 28.1 Å². The predicted molar refractivity (Wildman–Crippen MR) is 124 cm³/mol. The van der Waals surface area contributed by atoms with Gasteiger partial charge >= 0.3 is 0 Å². The number of hydrogen-bond donors (Lipinski definition) is 0. The van der Waals surface area contributed by atoms with E-state index in [1.165, 1.54) is 5.56 Å². The summed E-state index contributed by atoms with van der Waals surface area (Å²) < 4.78 is 0. The molecule has 0 bridgehead atoms. The number of pyridine rings is 1. The van der Waals surface area contributed by atoms with Gasteiger partial charge in [0.1, 0.15) is 0 Å². The Morgan fingerprint density at radius 3 is 2.53 bits per heavy atom. The quantitative estimate of drug-likeness (QED) is 0.408. The number of aromatic nitrogens is 1. The molecule has 0 unspecified atom stereocenters. The van der Waals surface area contributed by atoms with Crippen LogP contribution in [0.3, 0.4) is 0 Å². The van der Waals surface area contributed by atoms with Gasteiger partial charge in [-0.2, -0.15) is 11.3 Å². The Bertz CT molecular complexity index is 1150. The van der Waals surface area contributed by atoms with Crippen LogP contribution in [0.5, 0.6) is 0 Å². The van der Waals surface area contributed by atoms with Crippen molar-refractivity contribution < 1.29 is 4.79 Å². The van der Waals surface area contributed by atoms with Crippen LogP contribution in [0.1, 0.15) is 28.8 Å². The second-order valence-corrected chi connectivity index (χ2v) is 8.79. The minimum atomic E-state index is 0.128. The molecule has 0 atom stereocenters. The van der Waals surface area contributed by atoms with Crippen LogP contribution < -0.4 is 0 Å². The highest BCUT2D eigenvalue weighted by molar-refractivity contribution is 7.08. The highest BCUT2D eigenvalue weighted by Crippen LogP contribution is 2.29. The standard InChI is InChI=1S/C26H24N2OS/c29-26(28-13-10-20(11-14-28)16-19-6-2-1-3-7-19)23-17-25(21-12-15-30-18-21)27-24-9-5-4-8-22(23)24/h1-9,12,15,17-18,20H,10-11,13-14,16H2. The van der Waals surface area contributed by atoms with Gasteiger partial charge in [0.15, 0.2) is 0 Å². The fourth-order valence-corrected chi connectivity index (χ4v) is 5.02. The highest BCUT2D eigenvalue weighted by atomic mass is 32.1. The zero-order valence-corrected chi connectivity index (χ0v) is 17.6. The van der Waals surface area contributed by atoms with Crippen LogP contribution >= 0.6 is 11.3 Å². The Morgan fingerprint density at radius 1 is 1.00 bits per heavy atom. The summed E-state index contributed by atoms with van der Waals surface area (Å²) in [5, 5.41) is 5.07. The number of carbonyl (C=O) groups excluding carboxylic acids is 1. The molecular weight excluding hydrogens is 388 g/mol. The van der Waals surface area contributed by atoms with Crippen LogP contribution in [0.2, 0.25) is 0 Å². The molecule has 0 N–H and O–H groups in total. The summed E-state index contributed by atoms with van der Waals surface area (Å²) >= 11 is 1.65. The maximum absolute atomic E-state index is 13.5. The minimum Gasteiger partial charge on any atom is -0.339 e. The summed E-state index contributed by atoms with van der Waals surface area (Å²) in [4.78, 5) is 20.3. The van der Waals surface area contributed by atoms with Gasteiger partial charge < -0.3 is 4.90 Å². The number of likely N-dealkylation sites (tertiary alicyclic amines) is 1. The topological polar surface area (TPSA) is 33.2 Å². The van der Waals surface area contributed by atoms with Crippen LogP contribution in [-0.2, 0) is 6.42 Å². The van der Waals surface area contributed by atoms with Crippen LogP contribution in [0, 0.1) is 5.92 Å². The maximum Gasteiger partial charge on any atom is 0.254 e. The van der Waals surface area contributed by atoms with Crippen molar-refractivity contribution in [1.82, 2.24) is 9.88 Å². The zero-order chi connectivity index (χ0) is 20.3. The molecule has 3 heterocycles. The van der Waals surface area contributed by atoms with Crippen molar-refractivity contribution in [1.29, 1.82) is 0 Å². The van der Waals surface area contributed by atoms with E-state index in [1.54, 1.807) is 11.3 Å². The number of benzene rings is 2. The molecule has 1 amide bonds. The third-order valence-corrected chi connectivity index (χ3v) is 6.72. The minimum absolute atomic E-state index is 0.128. The largest absolute Gasteiger partial charge is 0.339 e. The molecule has 150 valence electrons. The van der Waals surface area contributed by atoms with Gasteiger partial charge in [0.2, 0.25) is 0 Å². The van der Waals surface area contributed by atoms with E-state index in [9.17, 15) is 4.79 Å². The number of rotatable bonds is 4. The smallest absolute Gasteiger partial charge is 0.254 e. The van der Waals surface area contributed by atoms with E-state index in [-0.39, 0.29) is 5.91 Å². The Balaban J connectivity index is 1.37. The first kappa shape index (κ1) is 19.0. The Hall–Kier alpha value is -2.98. The molecule has 3 nitrogen and oxygen atoms in total. The van der Waals surface area contributed by atoms with Gasteiger partial charge in [0.25, 0.3) is 5.91 Å². The summed E-state index contributed by atoms with van der Waals surface area (Å²) in [6.45, 7) is 1.64. The SMILES string of the molecule is O=C(c1cc(-c2ccsc2)nc2ccccc12)N1CCC(Cc2ccccc2)CC1.